The number of aliphatic imine (C=N–C) groups is 1. The number of allylic oxidation sites excluding steroid dienone is 1. The number of phenols is 1. The fourth-order valence-electron chi connectivity index (χ4n) is 3.97. The zero-order valence-corrected chi connectivity index (χ0v) is 17.6. The molecule has 0 fully saturated rings. The van der Waals surface area contributed by atoms with Gasteiger partial charge in [-0.25, -0.2) is 0 Å². The minimum Gasteiger partial charge on any atom is -0.508 e. The van der Waals surface area contributed by atoms with Crippen molar-refractivity contribution in [3.8, 4) is 5.75 Å². The number of phenolic OH excluding ortho intramolecular Hbond substituents is 1. The van der Waals surface area contributed by atoms with E-state index in [9.17, 15) is 5.11 Å². The summed E-state index contributed by atoms with van der Waals surface area (Å²) >= 11 is 0. The highest BCUT2D eigenvalue weighted by Gasteiger charge is 2.16. The summed E-state index contributed by atoms with van der Waals surface area (Å²) in [5.74, 6) is 0.289. The van der Waals surface area contributed by atoms with Crippen LogP contribution in [0, 0.1) is 13.8 Å². The van der Waals surface area contributed by atoms with Crippen molar-refractivity contribution in [2.75, 3.05) is 26.2 Å². The van der Waals surface area contributed by atoms with Gasteiger partial charge in [0.25, 0.3) is 0 Å². The third-order valence-corrected chi connectivity index (χ3v) is 5.62. The molecule has 148 valence electrons. The van der Waals surface area contributed by atoms with Crippen LogP contribution in [-0.4, -0.2) is 47.4 Å². The fraction of sp³-hybridized carbons (Fsp3) is 0.375. The summed E-state index contributed by atoms with van der Waals surface area (Å²) in [4.78, 5) is 10.7. The van der Waals surface area contributed by atoms with Gasteiger partial charge in [-0.05, 0) is 68.8 Å². The Labute approximate surface area is 167 Å². The lowest BCUT2D eigenvalue weighted by Gasteiger charge is -2.16. The summed E-state index contributed by atoms with van der Waals surface area (Å²) in [5, 5.41) is 12.2. The molecule has 1 heterocycles. The molecule has 0 saturated carbocycles. The number of hydrogen-bond acceptors (Lipinski definition) is 3. The molecule has 3 rings (SSSR count). The van der Waals surface area contributed by atoms with E-state index in [1.807, 2.05) is 25.3 Å². The largest absolute Gasteiger partial charge is 0.508 e. The second-order valence-electron chi connectivity index (χ2n) is 7.24. The highest BCUT2D eigenvalue weighted by atomic mass is 16.3. The van der Waals surface area contributed by atoms with Crippen molar-refractivity contribution in [2.45, 2.75) is 34.6 Å². The van der Waals surface area contributed by atoms with Gasteiger partial charge < -0.3 is 15.0 Å². The van der Waals surface area contributed by atoms with Crippen LogP contribution >= 0.6 is 0 Å². The smallest absolute Gasteiger partial charge is 0.116 e. The maximum absolute atomic E-state index is 9.99. The molecule has 0 atom stereocenters. The van der Waals surface area contributed by atoms with Crippen LogP contribution in [-0.2, 0) is 0 Å². The summed E-state index contributed by atoms with van der Waals surface area (Å²) < 4.78 is 0. The van der Waals surface area contributed by atoms with Crippen molar-refractivity contribution < 1.29 is 5.11 Å². The number of nitrogens with zero attached hydrogens (tertiary/aromatic N) is 2. The standard InChI is InChI=1S/C24H31N3O/c1-6-9-19-17(5)24-23(20-14-18(28)10-11-22(20)26-24)16(4)21(19)15-25-12-13-27(7-2)8-3/h6,9-11,14-15,26,28H,7-8,12-13H2,1-5H3/b9-6-,25-15?. The number of aromatic amines is 1. The highest BCUT2D eigenvalue weighted by molar-refractivity contribution is 6.13. The van der Waals surface area contributed by atoms with Gasteiger partial charge >= 0.3 is 0 Å². The number of fused-ring (bicyclic) bond motifs is 3. The highest BCUT2D eigenvalue weighted by Crippen LogP contribution is 2.36. The van der Waals surface area contributed by atoms with Gasteiger partial charge in [-0.15, -0.1) is 0 Å². The van der Waals surface area contributed by atoms with Crippen LogP contribution in [0.1, 0.15) is 43.0 Å². The SMILES string of the molecule is C/C=C\c1c(C=NCCN(CC)CC)c(C)c2c([nH]c3ccc(O)cc32)c1C. The van der Waals surface area contributed by atoms with E-state index in [1.54, 1.807) is 6.07 Å². The van der Waals surface area contributed by atoms with Crippen LogP contribution in [0.15, 0.2) is 29.3 Å². The van der Waals surface area contributed by atoms with Gasteiger partial charge in [0, 0.05) is 34.6 Å². The molecular formula is C24H31N3O. The molecule has 0 aliphatic carbocycles. The predicted molar refractivity (Wildman–Crippen MR) is 122 cm³/mol. The Morgan fingerprint density at radius 2 is 1.86 bits per heavy atom. The maximum Gasteiger partial charge on any atom is 0.116 e. The average Bonchev–Trinajstić information content (AvgIpc) is 3.07. The Morgan fingerprint density at radius 1 is 1.11 bits per heavy atom. The van der Waals surface area contributed by atoms with Gasteiger partial charge in [-0.3, -0.25) is 4.99 Å². The van der Waals surface area contributed by atoms with Crippen LogP contribution in [0.5, 0.6) is 5.75 Å². The minimum atomic E-state index is 0.289. The molecule has 0 radical (unpaired) electrons. The first kappa shape index (κ1) is 20.2. The number of aryl methyl sites for hydroxylation is 2. The lowest BCUT2D eigenvalue weighted by molar-refractivity contribution is 0.313. The van der Waals surface area contributed by atoms with Crippen molar-refractivity contribution in [1.29, 1.82) is 0 Å². The predicted octanol–water partition coefficient (Wildman–Crippen LogP) is 5.44. The molecular weight excluding hydrogens is 346 g/mol. The molecule has 4 nitrogen and oxygen atoms in total. The van der Waals surface area contributed by atoms with Crippen molar-refractivity contribution in [2.24, 2.45) is 4.99 Å². The number of H-pyrrole nitrogens is 1. The zero-order chi connectivity index (χ0) is 20.3. The number of benzene rings is 2. The molecule has 0 unspecified atom stereocenters. The fourth-order valence-corrected chi connectivity index (χ4v) is 3.97. The van der Waals surface area contributed by atoms with Crippen LogP contribution in [0.3, 0.4) is 0 Å². The number of aromatic nitrogens is 1. The van der Waals surface area contributed by atoms with Crippen molar-refractivity contribution in [1.82, 2.24) is 9.88 Å². The second-order valence-corrected chi connectivity index (χ2v) is 7.24. The Hall–Kier alpha value is -2.59. The van der Waals surface area contributed by atoms with E-state index in [0.29, 0.717) is 0 Å². The first-order valence-corrected chi connectivity index (χ1v) is 10.1. The quantitative estimate of drug-likeness (QED) is 0.539. The van der Waals surface area contributed by atoms with Crippen molar-refractivity contribution in [3.63, 3.8) is 0 Å². The van der Waals surface area contributed by atoms with Gasteiger partial charge in [0.1, 0.15) is 5.75 Å². The van der Waals surface area contributed by atoms with Crippen LogP contribution < -0.4 is 0 Å². The summed E-state index contributed by atoms with van der Waals surface area (Å²) in [6.45, 7) is 14.6. The lowest BCUT2D eigenvalue weighted by atomic mass is 9.92. The van der Waals surface area contributed by atoms with Crippen LogP contribution in [0.2, 0.25) is 0 Å². The Balaban J connectivity index is 2.14. The number of nitrogens with one attached hydrogen (secondary N) is 1. The van der Waals surface area contributed by atoms with Crippen LogP contribution in [0.25, 0.3) is 27.9 Å². The molecule has 4 heteroatoms. The summed E-state index contributed by atoms with van der Waals surface area (Å²) in [5.41, 5.74) is 6.94. The van der Waals surface area contributed by atoms with Gasteiger partial charge in [-0.2, -0.15) is 0 Å². The molecule has 2 N–H and O–H groups in total. The van der Waals surface area contributed by atoms with E-state index in [-0.39, 0.29) is 5.75 Å². The third-order valence-electron chi connectivity index (χ3n) is 5.62. The normalized spacial score (nSPS) is 12.5. The second kappa shape index (κ2) is 8.61. The molecule has 0 saturated heterocycles. The first-order valence-electron chi connectivity index (χ1n) is 10.1. The number of rotatable bonds is 7. The van der Waals surface area contributed by atoms with Gasteiger partial charge in [0.05, 0.1) is 12.1 Å². The maximum atomic E-state index is 9.99. The van der Waals surface area contributed by atoms with Gasteiger partial charge in [0.2, 0.25) is 0 Å². The van der Waals surface area contributed by atoms with E-state index in [1.165, 1.54) is 22.1 Å². The van der Waals surface area contributed by atoms with E-state index in [0.717, 1.165) is 48.2 Å². The molecule has 0 aliphatic heterocycles. The number of aromatic hydroxyl groups is 1. The lowest BCUT2D eigenvalue weighted by Crippen LogP contribution is -2.25. The topological polar surface area (TPSA) is 51.6 Å². The molecule has 2 aromatic carbocycles. The van der Waals surface area contributed by atoms with E-state index < -0.39 is 0 Å². The Morgan fingerprint density at radius 3 is 2.54 bits per heavy atom. The monoisotopic (exact) mass is 377 g/mol. The van der Waals surface area contributed by atoms with E-state index in [4.69, 9.17) is 4.99 Å². The Bertz CT molecular complexity index is 1040. The van der Waals surface area contributed by atoms with Gasteiger partial charge in [-0.1, -0.05) is 26.0 Å². The molecule has 0 bridgehead atoms. The first-order chi connectivity index (χ1) is 13.5. The molecule has 1 aromatic heterocycles. The zero-order valence-electron chi connectivity index (χ0n) is 17.6. The minimum absolute atomic E-state index is 0.289. The van der Waals surface area contributed by atoms with Crippen molar-refractivity contribution >= 4 is 34.1 Å². The molecule has 28 heavy (non-hydrogen) atoms. The van der Waals surface area contributed by atoms with E-state index >= 15 is 0 Å². The third kappa shape index (κ3) is 3.69. The molecule has 0 amide bonds. The van der Waals surface area contributed by atoms with Crippen molar-refractivity contribution in [3.05, 3.63) is 46.5 Å². The summed E-state index contributed by atoms with van der Waals surface area (Å²) in [6.07, 6.45) is 6.27. The molecule has 3 aromatic rings. The molecule has 0 spiro atoms. The Kier molecular flexibility index (Phi) is 6.20. The number of likely N-dealkylation sites (N-methyl/N-ethyl adjacent to an activating group) is 1. The number of hydrogen-bond donors (Lipinski definition) is 2. The average molecular weight is 378 g/mol. The van der Waals surface area contributed by atoms with Crippen LogP contribution in [0.4, 0.5) is 0 Å². The van der Waals surface area contributed by atoms with E-state index in [2.05, 4.69) is 49.7 Å². The summed E-state index contributed by atoms with van der Waals surface area (Å²) in [6, 6.07) is 5.51. The molecule has 0 aliphatic rings. The summed E-state index contributed by atoms with van der Waals surface area (Å²) in [7, 11) is 0. The van der Waals surface area contributed by atoms with Gasteiger partial charge in [0.15, 0.2) is 0 Å².